The van der Waals surface area contributed by atoms with Crippen LogP contribution in [0, 0.1) is 17.5 Å². The van der Waals surface area contributed by atoms with Crippen molar-refractivity contribution in [2.45, 2.75) is 19.4 Å². The molecule has 0 unspecified atom stereocenters. The fourth-order valence-corrected chi connectivity index (χ4v) is 2.66. The number of benzene rings is 2. The highest BCUT2D eigenvalue weighted by atomic mass is 19.2. The van der Waals surface area contributed by atoms with Crippen LogP contribution in [-0.2, 0) is 0 Å². The van der Waals surface area contributed by atoms with E-state index >= 15 is 0 Å². The van der Waals surface area contributed by atoms with Gasteiger partial charge in [0.05, 0.1) is 5.56 Å². The van der Waals surface area contributed by atoms with Gasteiger partial charge in [-0.1, -0.05) is 0 Å². The van der Waals surface area contributed by atoms with Crippen LogP contribution < -0.4 is 4.74 Å². The smallest absolute Gasteiger partial charge is 0.335 e. The monoisotopic (exact) mass is 334 g/mol. The standard InChI is InChI=1S/C18H13F3O3/c1-18(2)8-12(10-4-5-13(19)16(21)15(10)20)11-7-9(17(22)23)3-6-14(11)24-18/h3-8H,1-2H3,(H,22,23). The van der Waals surface area contributed by atoms with Gasteiger partial charge < -0.3 is 9.84 Å². The lowest BCUT2D eigenvalue weighted by Crippen LogP contribution is -2.29. The van der Waals surface area contributed by atoms with Crippen molar-refractivity contribution in [1.29, 1.82) is 0 Å². The zero-order valence-corrected chi connectivity index (χ0v) is 12.9. The van der Waals surface area contributed by atoms with Gasteiger partial charge in [-0.05, 0) is 55.8 Å². The number of carboxylic acid groups (broad SMARTS) is 1. The lowest BCUT2D eigenvalue weighted by molar-refractivity contribution is 0.0696. The molecule has 24 heavy (non-hydrogen) atoms. The van der Waals surface area contributed by atoms with Crippen LogP contribution in [0.5, 0.6) is 5.75 Å². The average molecular weight is 334 g/mol. The van der Waals surface area contributed by atoms with Crippen molar-refractivity contribution in [3.8, 4) is 5.75 Å². The van der Waals surface area contributed by atoms with Crippen LogP contribution in [0.15, 0.2) is 36.4 Å². The topological polar surface area (TPSA) is 46.5 Å². The molecule has 3 rings (SSSR count). The van der Waals surface area contributed by atoms with Gasteiger partial charge in [0, 0.05) is 11.1 Å². The second-order valence-electron chi connectivity index (χ2n) is 6.00. The molecule has 0 fully saturated rings. The Labute approximate surface area is 136 Å². The maximum absolute atomic E-state index is 14.2. The summed E-state index contributed by atoms with van der Waals surface area (Å²) < 4.78 is 46.8. The lowest BCUT2D eigenvalue weighted by atomic mass is 9.88. The van der Waals surface area contributed by atoms with Crippen molar-refractivity contribution in [2.24, 2.45) is 0 Å². The number of hydrogen-bond donors (Lipinski definition) is 1. The fraction of sp³-hybridized carbons (Fsp3) is 0.167. The summed E-state index contributed by atoms with van der Waals surface area (Å²) >= 11 is 0. The predicted octanol–water partition coefficient (Wildman–Crippen LogP) is 4.40. The number of fused-ring (bicyclic) bond motifs is 1. The van der Waals surface area contributed by atoms with E-state index in [0.29, 0.717) is 11.3 Å². The molecule has 0 spiro atoms. The van der Waals surface area contributed by atoms with Gasteiger partial charge >= 0.3 is 5.97 Å². The van der Waals surface area contributed by atoms with Gasteiger partial charge in [0.1, 0.15) is 11.4 Å². The SMILES string of the molecule is CC1(C)C=C(c2ccc(F)c(F)c2F)c2cc(C(=O)O)ccc2O1. The summed E-state index contributed by atoms with van der Waals surface area (Å²) in [6.07, 6.45) is 1.55. The van der Waals surface area contributed by atoms with Crippen LogP contribution in [0.25, 0.3) is 5.57 Å². The molecule has 2 aromatic rings. The minimum atomic E-state index is -1.58. The maximum atomic E-state index is 14.2. The Kier molecular flexibility index (Phi) is 3.63. The Morgan fingerprint density at radius 3 is 2.42 bits per heavy atom. The highest BCUT2D eigenvalue weighted by molar-refractivity contribution is 5.92. The molecule has 2 aromatic carbocycles. The Morgan fingerprint density at radius 2 is 1.75 bits per heavy atom. The molecule has 124 valence electrons. The molecule has 0 saturated carbocycles. The van der Waals surface area contributed by atoms with Crippen molar-refractivity contribution in [2.75, 3.05) is 0 Å². The van der Waals surface area contributed by atoms with Gasteiger partial charge in [-0.25, -0.2) is 18.0 Å². The fourth-order valence-electron chi connectivity index (χ4n) is 2.66. The number of ether oxygens (including phenoxy) is 1. The van der Waals surface area contributed by atoms with E-state index in [1.807, 2.05) is 0 Å². The molecule has 0 aromatic heterocycles. The largest absolute Gasteiger partial charge is 0.483 e. The third-order valence-corrected chi connectivity index (χ3v) is 3.71. The number of rotatable bonds is 2. The minimum Gasteiger partial charge on any atom is -0.483 e. The second kappa shape index (κ2) is 5.40. The zero-order valence-electron chi connectivity index (χ0n) is 12.9. The molecular formula is C18H13F3O3. The second-order valence-corrected chi connectivity index (χ2v) is 6.00. The molecule has 0 amide bonds. The Hall–Kier alpha value is -2.76. The number of carboxylic acids is 1. The number of halogens is 3. The Bertz CT molecular complexity index is 885. The van der Waals surface area contributed by atoms with E-state index in [4.69, 9.17) is 9.84 Å². The van der Waals surface area contributed by atoms with Crippen LogP contribution in [0.1, 0.15) is 35.3 Å². The molecule has 6 heteroatoms. The molecule has 0 bridgehead atoms. The number of carbonyl (C=O) groups is 1. The summed E-state index contributed by atoms with van der Waals surface area (Å²) in [6, 6.07) is 6.10. The highest BCUT2D eigenvalue weighted by Crippen LogP contribution is 2.41. The molecule has 1 heterocycles. The number of hydrogen-bond acceptors (Lipinski definition) is 2. The maximum Gasteiger partial charge on any atom is 0.335 e. The molecule has 0 radical (unpaired) electrons. The molecule has 0 atom stereocenters. The van der Waals surface area contributed by atoms with Crippen molar-refractivity contribution in [1.82, 2.24) is 0 Å². The van der Waals surface area contributed by atoms with E-state index < -0.39 is 29.0 Å². The van der Waals surface area contributed by atoms with Crippen LogP contribution in [0.4, 0.5) is 13.2 Å². The molecule has 1 N–H and O–H groups in total. The first-order valence-corrected chi connectivity index (χ1v) is 7.13. The van der Waals surface area contributed by atoms with Crippen LogP contribution >= 0.6 is 0 Å². The van der Waals surface area contributed by atoms with E-state index in [1.54, 1.807) is 19.9 Å². The highest BCUT2D eigenvalue weighted by Gasteiger charge is 2.30. The molecular weight excluding hydrogens is 321 g/mol. The van der Waals surface area contributed by atoms with E-state index in [0.717, 1.165) is 12.1 Å². The summed E-state index contributed by atoms with van der Waals surface area (Å²) in [4.78, 5) is 11.2. The molecule has 1 aliphatic heterocycles. The first-order valence-electron chi connectivity index (χ1n) is 7.13. The van der Waals surface area contributed by atoms with Crippen LogP contribution in [-0.4, -0.2) is 16.7 Å². The summed E-state index contributed by atoms with van der Waals surface area (Å²) in [7, 11) is 0. The quantitative estimate of drug-likeness (QED) is 0.828. The first-order chi connectivity index (χ1) is 11.2. The predicted molar refractivity (Wildman–Crippen MR) is 81.5 cm³/mol. The summed E-state index contributed by atoms with van der Waals surface area (Å²) in [6.45, 7) is 3.44. The Balaban J connectivity index is 2.27. The molecule has 1 aliphatic rings. The minimum absolute atomic E-state index is 0.0223. The third-order valence-electron chi connectivity index (χ3n) is 3.71. The average Bonchev–Trinajstić information content (AvgIpc) is 2.51. The Morgan fingerprint density at radius 1 is 1.04 bits per heavy atom. The van der Waals surface area contributed by atoms with Gasteiger partial charge in [-0.3, -0.25) is 0 Å². The van der Waals surface area contributed by atoms with E-state index in [-0.39, 0.29) is 16.7 Å². The van der Waals surface area contributed by atoms with Gasteiger partial charge in [-0.15, -0.1) is 0 Å². The van der Waals surface area contributed by atoms with Crippen molar-refractivity contribution in [3.05, 3.63) is 70.5 Å². The van der Waals surface area contributed by atoms with Gasteiger partial charge in [0.25, 0.3) is 0 Å². The van der Waals surface area contributed by atoms with Gasteiger partial charge in [0.15, 0.2) is 17.5 Å². The molecule has 3 nitrogen and oxygen atoms in total. The molecule has 0 saturated heterocycles. The van der Waals surface area contributed by atoms with E-state index in [1.165, 1.54) is 18.2 Å². The van der Waals surface area contributed by atoms with Crippen molar-refractivity contribution < 1.29 is 27.8 Å². The zero-order chi connectivity index (χ0) is 17.6. The summed E-state index contributed by atoms with van der Waals surface area (Å²) in [5.74, 6) is -5.01. The summed E-state index contributed by atoms with van der Waals surface area (Å²) in [5.41, 5.74) is -0.454. The van der Waals surface area contributed by atoms with Gasteiger partial charge in [0.2, 0.25) is 0 Å². The normalized spacial score (nSPS) is 15.3. The van der Waals surface area contributed by atoms with Crippen LogP contribution in [0.3, 0.4) is 0 Å². The van der Waals surface area contributed by atoms with Crippen molar-refractivity contribution in [3.63, 3.8) is 0 Å². The number of aromatic carboxylic acids is 1. The van der Waals surface area contributed by atoms with Gasteiger partial charge in [-0.2, -0.15) is 0 Å². The molecule has 0 aliphatic carbocycles. The summed E-state index contributed by atoms with van der Waals surface area (Å²) in [5, 5.41) is 9.14. The van der Waals surface area contributed by atoms with Crippen LogP contribution in [0.2, 0.25) is 0 Å². The first kappa shape index (κ1) is 16.1. The van der Waals surface area contributed by atoms with E-state index in [2.05, 4.69) is 0 Å². The third kappa shape index (κ3) is 2.64. The lowest BCUT2D eigenvalue weighted by Gasteiger charge is -2.31. The van der Waals surface area contributed by atoms with E-state index in [9.17, 15) is 18.0 Å². The van der Waals surface area contributed by atoms with Crippen molar-refractivity contribution >= 4 is 11.5 Å².